The zero-order chi connectivity index (χ0) is 9.14. The lowest BCUT2D eigenvalue weighted by molar-refractivity contribution is -0.128. The van der Waals surface area contributed by atoms with Crippen molar-refractivity contribution in [3.8, 4) is 12.3 Å². The van der Waals surface area contributed by atoms with E-state index >= 15 is 0 Å². The highest BCUT2D eigenvalue weighted by atomic mass is 16.2. The Morgan fingerprint density at radius 3 is 2.92 bits per heavy atom. The fraction of sp³-hybridized carbons (Fsp3) is 0.667. The largest absolute Gasteiger partial charge is 0.329 e. The Balaban J connectivity index is 2.57. The average molecular weight is 166 g/mol. The summed E-state index contributed by atoms with van der Waals surface area (Å²) in [5.41, 5.74) is 5.74. The molecule has 0 radical (unpaired) electrons. The van der Waals surface area contributed by atoms with Gasteiger partial charge in [-0.25, -0.2) is 0 Å². The highest BCUT2D eigenvalue weighted by Crippen LogP contribution is 2.15. The Hall–Kier alpha value is -1.01. The number of hydrogen-bond acceptors (Lipinski definition) is 2. The molecule has 2 atom stereocenters. The minimum absolute atomic E-state index is 0.192. The molecule has 1 fully saturated rings. The average Bonchev–Trinajstić information content (AvgIpc) is 2.03. The van der Waals surface area contributed by atoms with Crippen molar-refractivity contribution in [2.24, 2.45) is 5.73 Å². The fourth-order valence-corrected chi connectivity index (χ4v) is 1.59. The molecule has 1 rings (SSSR count). The number of likely N-dealkylation sites (tertiary alicyclic amines) is 1. The van der Waals surface area contributed by atoms with Gasteiger partial charge in [0.1, 0.15) is 0 Å². The molecule has 1 aliphatic rings. The molecule has 3 nitrogen and oxygen atoms in total. The van der Waals surface area contributed by atoms with Crippen molar-refractivity contribution in [2.45, 2.75) is 31.8 Å². The van der Waals surface area contributed by atoms with Crippen LogP contribution >= 0.6 is 0 Å². The van der Waals surface area contributed by atoms with Crippen molar-refractivity contribution in [2.75, 3.05) is 6.54 Å². The lowest BCUT2D eigenvalue weighted by Crippen LogP contribution is -2.47. The van der Waals surface area contributed by atoms with Gasteiger partial charge in [0.15, 0.2) is 0 Å². The van der Waals surface area contributed by atoms with Gasteiger partial charge in [0.05, 0.1) is 0 Å². The molecule has 0 aliphatic carbocycles. The highest BCUT2D eigenvalue weighted by molar-refractivity contribution is 5.93. The van der Waals surface area contributed by atoms with E-state index in [1.54, 1.807) is 4.90 Å². The van der Waals surface area contributed by atoms with E-state index < -0.39 is 0 Å². The van der Waals surface area contributed by atoms with Crippen LogP contribution in [0.2, 0.25) is 0 Å². The zero-order valence-electron chi connectivity index (χ0n) is 7.29. The number of nitrogens with zero attached hydrogens (tertiary/aromatic N) is 1. The summed E-state index contributed by atoms with van der Waals surface area (Å²) in [6, 6.07) is 0.416. The molecule has 0 aromatic heterocycles. The van der Waals surface area contributed by atoms with Gasteiger partial charge in [-0.1, -0.05) is 0 Å². The molecule has 12 heavy (non-hydrogen) atoms. The lowest BCUT2D eigenvalue weighted by atomic mass is 9.99. The van der Waals surface area contributed by atoms with E-state index in [9.17, 15) is 4.79 Å². The van der Waals surface area contributed by atoms with Crippen molar-refractivity contribution >= 4 is 5.91 Å². The smallest absolute Gasteiger partial charge is 0.298 e. The second-order valence-electron chi connectivity index (χ2n) is 3.28. The third kappa shape index (κ3) is 1.77. The molecular formula is C9H14N2O. The van der Waals surface area contributed by atoms with Crippen LogP contribution in [-0.4, -0.2) is 29.4 Å². The molecule has 1 aliphatic heterocycles. The molecule has 1 amide bonds. The van der Waals surface area contributed by atoms with E-state index in [4.69, 9.17) is 12.2 Å². The van der Waals surface area contributed by atoms with Crippen LogP contribution in [0, 0.1) is 12.3 Å². The number of rotatable bonds is 0. The monoisotopic (exact) mass is 166 g/mol. The molecule has 0 aromatic rings. The summed E-state index contributed by atoms with van der Waals surface area (Å²) >= 11 is 0. The number of amides is 1. The third-order valence-corrected chi connectivity index (χ3v) is 2.30. The van der Waals surface area contributed by atoms with Gasteiger partial charge in [-0.2, -0.15) is 0 Å². The summed E-state index contributed by atoms with van der Waals surface area (Å²) in [5.74, 6) is 1.91. The van der Waals surface area contributed by atoms with Crippen LogP contribution in [0.3, 0.4) is 0 Å². The van der Waals surface area contributed by atoms with Gasteiger partial charge in [0, 0.05) is 18.6 Å². The molecule has 0 spiro atoms. The van der Waals surface area contributed by atoms with E-state index in [0.717, 1.165) is 12.8 Å². The van der Waals surface area contributed by atoms with Crippen molar-refractivity contribution in [3.05, 3.63) is 0 Å². The summed E-state index contributed by atoms with van der Waals surface area (Å²) in [4.78, 5) is 12.8. The molecular weight excluding hydrogens is 152 g/mol. The molecule has 66 valence electrons. The van der Waals surface area contributed by atoms with Gasteiger partial charge in [0.25, 0.3) is 5.91 Å². The number of piperidine rings is 1. The normalized spacial score (nSPS) is 29.6. The molecule has 3 heteroatoms. The van der Waals surface area contributed by atoms with E-state index in [1.807, 2.05) is 6.92 Å². The number of hydrogen-bond donors (Lipinski definition) is 1. The summed E-state index contributed by atoms with van der Waals surface area (Å²) in [5, 5.41) is 0. The van der Waals surface area contributed by atoms with Crippen molar-refractivity contribution < 1.29 is 4.79 Å². The first-order chi connectivity index (χ1) is 5.65. The Bertz CT molecular complexity index is 219. The van der Waals surface area contributed by atoms with Crippen LogP contribution < -0.4 is 5.73 Å². The minimum Gasteiger partial charge on any atom is -0.329 e. The van der Waals surface area contributed by atoms with Gasteiger partial charge in [0.2, 0.25) is 0 Å². The second kappa shape index (κ2) is 3.59. The second-order valence-corrected chi connectivity index (χ2v) is 3.28. The van der Waals surface area contributed by atoms with E-state index in [0.29, 0.717) is 6.54 Å². The van der Waals surface area contributed by atoms with Gasteiger partial charge < -0.3 is 10.6 Å². The molecule has 0 bridgehead atoms. The third-order valence-electron chi connectivity index (χ3n) is 2.30. The zero-order valence-corrected chi connectivity index (χ0v) is 7.29. The summed E-state index contributed by atoms with van der Waals surface area (Å²) < 4.78 is 0. The van der Waals surface area contributed by atoms with Gasteiger partial charge in [-0.3, -0.25) is 4.79 Å². The van der Waals surface area contributed by atoms with E-state index in [1.165, 1.54) is 0 Å². The van der Waals surface area contributed by atoms with Gasteiger partial charge >= 0.3 is 0 Å². The van der Waals surface area contributed by atoms with E-state index in [2.05, 4.69) is 5.92 Å². The highest BCUT2D eigenvalue weighted by Gasteiger charge is 2.25. The van der Waals surface area contributed by atoms with Crippen molar-refractivity contribution in [1.82, 2.24) is 4.90 Å². The Labute approximate surface area is 72.9 Å². The standard InChI is InChI=1S/C9H14N2O/c1-3-9(12)11-5-4-8(10)6-7(11)2/h1,7-8H,4-6,10H2,2H3. The van der Waals surface area contributed by atoms with Gasteiger partial charge in [-0.15, -0.1) is 6.42 Å². The topological polar surface area (TPSA) is 46.3 Å². The first-order valence-corrected chi connectivity index (χ1v) is 4.18. The predicted molar refractivity (Wildman–Crippen MR) is 47.2 cm³/mol. The predicted octanol–water partition coefficient (Wildman–Crippen LogP) is -0.0422. The quantitative estimate of drug-likeness (QED) is 0.513. The number of carbonyl (C=O) groups excluding carboxylic acids is 1. The molecule has 1 saturated heterocycles. The first-order valence-electron chi connectivity index (χ1n) is 4.18. The van der Waals surface area contributed by atoms with Crippen LogP contribution in [-0.2, 0) is 4.79 Å². The molecule has 2 unspecified atom stereocenters. The van der Waals surface area contributed by atoms with Crippen LogP contribution in [0.1, 0.15) is 19.8 Å². The fourth-order valence-electron chi connectivity index (χ4n) is 1.59. The lowest BCUT2D eigenvalue weighted by Gasteiger charge is -2.34. The molecule has 1 heterocycles. The first kappa shape index (κ1) is 9.08. The Morgan fingerprint density at radius 2 is 2.42 bits per heavy atom. The van der Waals surface area contributed by atoms with E-state index in [-0.39, 0.29) is 18.0 Å². The maximum atomic E-state index is 11.1. The van der Waals surface area contributed by atoms with Gasteiger partial charge in [-0.05, 0) is 25.7 Å². The summed E-state index contributed by atoms with van der Waals surface area (Å²) in [6.45, 7) is 2.68. The Morgan fingerprint density at radius 1 is 1.75 bits per heavy atom. The summed E-state index contributed by atoms with van der Waals surface area (Å²) in [7, 11) is 0. The molecule has 0 aromatic carbocycles. The van der Waals surface area contributed by atoms with Crippen molar-refractivity contribution in [1.29, 1.82) is 0 Å². The maximum Gasteiger partial charge on any atom is 0.298 e. The van der Waals surface area contributed by atoms with Crippen LogP contribution in [0.4, 0.5) is 0 Å². The maximum absolute atomic E-state index is 11.1. The number of nitrogens with two attached hydrogens (primary N) is 1. The van der Waals surface area contributed by atoms with Crippen molar-refractivity contribution in [3.63, 3.8) is 0 Å². The van der Waals surface area contributed by atoms with Crippen LogP contribution in [0.15, 0.2) is 0 Å². The SMILES string of the molecule is C#CC(=O)N1CCC(N)CC1C. The Kier molecular flexibility index (Phi) is 2.72. The molecule has 2 N–H and O–H groups in total. The van der Waals surface area contributed by atoms with Crippen LogP contribution in [0.5, 0.6) is 0 Å². The number of terminal acetylenes is 1. The summed E-state index contributed by atoms with van der Waals surface area (Å²) in [6.07, 6.45) is 6.74. The minimum atomic E-state index is -0.214. The van der Waals surface area contributed by atoms with Crippen LogP contribution in [0.25, 0.3) is 0 Å². The molecule has 0 saturated carbocycles. The number of carbonyl (C=O) groups is 1.